The molecule has 0 atom stereocenters. The fourth-order valence-corrected chi connectivity index (χ4v) is 5.38. The number of aryl methyl sites for hydroxylation is 1. The van der Waals surface area contributed by atoms with Gasteiger partial charge >= 0.3 is 0 Å². The van der Waals surface area contributed by atoms with Crippen molar-refractivity contribution in [2.24, 2.45) is 0 Å². The molecule has 0 bridgehead atoms. The molecule has 7 aromatic rings. The molecule has 7 rings (SSSR count). The molecule has 0 unspecified atom stereocenters. The molecule has 2 heteroatoms. The molecule has 216 valence electrons. The lowest BCUT2D eigenvalue weighted by molar-refractivity contribution is 1.28. The number of para-hydroxylation sites is 4. The first-order valence-electron chi connectivity index (χ1n) is 19.1. The van der Waals surface area contributed by atoms with Crippen molar-refractivity contribution >= 4 is 34.1 Å². The van der Waals surface area contributed by atoms with Gasteiger partial charge in [-0.15, -0.1) is 0 Å². The van der Waals surface area contributed by atoms with E-state index in [0.29, 0.717) is 28.3 Å². The van der Waals surface area contributed by atoms with Crippen molar-refractivity contribution in [3.63, 3.8) is 0 Å². The van der Waals surface area contributed by atoms with Crippen LogP contribution in [0.4, 0.5) is 34.1 Å². The molecule has 0 heterocycles. The Balaban J connectivity index is 1.27. The van der Waals surface area contributed by atoms with Crippen LogP contribution >= 0.6 is 0 Å². The Morgan fingerprint density at radius 3 is 1.31 bits per heavy atom. The van der Waals surface area contributed by atoms with Gasteiger partial charge in [-0.2, -0.15) is 0 Å². The second-order valence-electron chi connectivity index (χ2n) is 10.5. The summed E-state index contributed by atoms with van der Waals surface area (Å²) in [5.74, 6) is 0. The van der Waals surface area contributed by atoms with E-state index in [1.807, 2.05) is 140 Å². The van der Waals surface area contributed by atoms with Gasteiger partial charge in [0.2, 0.25) is 0 Å². The maximum Gasteiger partial charge on any atom is 0.0645 e. The van der Waals surface area contributed by atoms with Gasteiger partial charge in [-0.1, -0.05) is 115 Å². The summed E-state index contributed by atoms with van der Waals surface area (Å²) in [6.07, 6.45) is 0. The van der Waals surface area contributed by atoms with E-state index in [2.05, 4.69) is 0 Å². The number of nitrogens with zero attached hydrogens (tertiary/aromatic N) is 2. The average Bonchev–Trinajstić information content (AvgIpc) is 3.20. The smallest absolute Gasteiger partial charge is 0.0645 e. The zero-order valence-electron chi connectivity index (χ0n) is 33.6. The standard InChI is InChI=1S/C43H34N2/c1-33-32-36(34-22-27-41(28-23-34)44(37-14-6-2-7-15-37)38-16-8-3-9-17-38)26-31-43(33)35-24-29-42(30-25-35)45(39-18-10-4-11-19-39)40-20-12-5-13-21-40/h2-32H,1H3/i2D,6D,7D,14D,15D,24D,25D,29D,30D. The molecule has 0 aromatic heterocycles. The fraction of sp³-hybridized carbons (Fsp3) is 0.0233. The Labute approximate surface area is 278 Å². The van der Waals surface area contributed by atoms with Crippen LogP contribution in [0.25, 0.3) is 22.3 Å². The fourth-order valence-electron chi connectivity index (χ4n) is 5.38. The van der Waals surface area contributed by atoms with E-state index >= 15 is 0 Å². The normalized spacial score (nSPS) is 13.6. The molecule has 0 aliphatic heterocycles. The van der Waals surface area contributed by atoms with E-state index in [1.54, 1.807) is 9.80 Å². The van der Waals surface area contributed by atoms with E-state index in [9.17, 15) is 0 Å². The molecular weight excluding hydrogens is 544 g/mol. The van der Waals surface area contributed by atoms with Gasteiger partial charge in [0, 0.05) is 34.1 Å². The quantitative estimate of drug-likeness (QED) is 0.174. The monoisotopic (exact) mass is 587 g/mol. The zero-order chi connectivity index (χ0) is 38.3. The molecule has 0 aliphatic carbocycles. The third kappa shape index (κ3) is 6.00. The van der Waals surface area contributed by atoms with E-state index < -0.39 is 18.1 Å². The minimum Gasteiger partial charge on any atom is -0.311 e. The van der Waals surface area contributed by atoms with Crippen molar-refractivity contribution in [2.45, 2.75) is 6.92 Å². The summed E-state index contributed by atoms with van der Waals surface area (Å²) in [5, 5.41) is 0. The number of anilines is 6. The number of hydrogen-bond donors (Lipinski definition) is 0. The van der Waals surface area contributed by atoms with Crippen LogP contribution in [0.15, 0.2) is 188 Å². The maximum absolute atomic E-state index is 9.15. The van der Waals surface area contributed by atoms with Crippen LogP contribution in [0.2, 0.25) is 0 Å². The Kier molecular flexibility index (Phi) is 5.52. The first-order valence-corrected chi connectivity index (χ1v) is 14.6. The number of benzene rings is 7. The van der Waals surface area contributed by atoms with Gasteiger partial charge in [-0.05, 0) is 107 Å². The van der Waals surface area contributed by atoms with Crippen LogP contribution in [-0.2, 0) is 0 Å². The molecule has 0 amide bonds. The Bertz CT molecular complexity index is 2400. The summed E-state index contributed by atoms with van der Waals surface area (Å²) in [7, 11) is 0. The maximum atomic E-state index is 9.15. The minimum absolute atomic E-state index is 0.0433. The van der Waals surface area contributed by atoms with Crippen LogP contribution in [0.5, 0.6) is 0 Å². The molecule has 0 saturated carbocycles. The van der Waals surface area contributed by atoms with Crippen LogP contribution < -0.4 is 9.80 Å². The van der Waals surface area contributed by atoms with Crippen molar-refractivity contribution < 1.29 is 12.3 Å². The highest BCUT2D eigenvalue weighted by Crippen LogP contribution is 2.38. The van der Waals surface area contributed by atoms with Crippen LogP contribution in [0, 0.1) is 6.92 Å². The van der Waals surface area contributed by atoms with Gasteiger partial charge in [0.25, 0.3) is 0 Å². The van der Waals surface area contributed by atoms with Crippen LogP contribution in [0.3, 0.4) is 0 Å². The SMILES string of the molecule is [2H]c1c([2H])c([2H])c(N(c2ccccc2)c2ccc(-c3ccc(-c4c([2H])c([2H])c(N(c5ccccc5)c5ccccc5)c([2H])c4[2H])c(C)c3)cc2)c([2H])c1[2H]. The molecule has 0 spiro atoms. The lowest BCUT2D eigenvalue weighted by atomic mass is 9.95. The predicted octanol–water partition coefficient (Wildman–Crippen LogP) is 12.3. The van der Waals surface area contributed by atoms with Gasteiger partial charge in [-0.3, -0.25) is 0 Å². The molecule has 0 radical (unpaired) electrons. The Hall–Kier alpha value is -5.86. The van der Waals surface area contributed by atoms with Crippen molar-refractivity contribution in [3.8, 4) is 22.3 Å². The van der Waals surface area contributed by atoms with Crippen molar-refractivity contribution in [1.29, 1.82) is 0 Å². The molecular formula is C43H34N2. The van der Waals surface area contributed by atoms with Gasteiger partial charge in [0.15, 0.2) is 0 Å². The lowest BCUT2D eigenvalue weighted by Crippen LogP contribution is -2.09. The largest absolute Gasteiger partial charge is 0.311 e. The molecule has 0 fully saturated rings. The zero-order valence-corrected chi connectivity index (χ0v) is 24.6. The van der Waals surface area contributed by atoms with Gasteiger partial charge in [-0.25, -0.2) is 0 Å². The minimum atomic E-state index is -0.457. The van der Waals surface area contributed by atoms with E-state index in [-0.39, 0.29) is 53.2 Å². The number of rotatable bonds is 8. The molecule has 7 aromatic carbocycles. The summed E-state index contributed by atoms with van der Waals surface area (Å²) in [5.41, 5.74) is 6.11. The van der Waals surface area contributed by atoms with Crippen molar-refractivity contribution in [1.82, 2.24) is 0 Å². The number of hydrogen-bond acceptors (Lipinski definition) is 2. The van der Waals surface area contributed by atoms with Gasteiger partial charge in [0.05, 0.1) is 12.3 Å². The highest BCUT2D eigenvalue weighted by molar-refractivity contribution is 5.81. The first kappa shape index (κ1) is 19.4. The van der Waals surface area contributed by atoms with E-state index in [1.165, 1.54) is 0 Å². The van der Waals surface area contributed by atoms with E-state index in [0.717, 1.165) is 16.7 Å². The highest BCUT2D eigenvalue weighted by Gasteiger charge is 2.14. The lowest BCUT2D eigenvalue weighted by Gasteiger charge is -2.25. The molecule has 0 saturated heterocycles. The Morgan fingerprint density at radius 1 is 0.378 bits per heavy atom. The summed E-state index contributed by atoms with van der Waals surface area (Å²) in [4.78, 5) is 3.40. The summed E-state index contributed by atoms with van der Waals surface area (Å²) in [6, 6.07) is 38.4. The topological polar surface area (TPSA) is 6.48 Å². The summed E-state index contributed by atoms with van der Waals surface area (Å²) >= 11 is 0. The van der Waals surface area contributed by atoms with Crippen molar-refractivity contribution in [3.05, 3.63) is 193 Å². The molecule has 0 aliphatic rings. The predicted molar refractivity (Wildman–Crippen MR) is 191 cm³/mol. The summed E-state index contributed by atoms with van der Waals surface area (Å²) < 4.78 is 78.5. The average molecular weight is 588 g/mol. The first-order chi connectivity index (χ1) is 26.0. The third-order valence-corrected chi connectivity index (χ3v) is 7.54. The highest BCUT2D eigenvalue weighted by atomic mass is 15.1. The molecule has 0 N–H and O–H groups in total. The van der Waals surface area contributed by atoms with Gasteiger partial charge in [0.1, 0.15) is 0 Å². The van der Waals surface area contributed by atoms with Gasteiger partial charge < -0.3 is 9.80 Å². The molecule has 45 heavy (non-hydrogen) atoms. The second-order valence-corrected chi connectivity index (χ2v) is 10.5. The van der Waals surface area contributed by atoms with E-state index in [4.69, 9.17) is 12.3 Å². The molecule has 2 nitrogen and oxygen atoms in total. The Morgan fingerprint density at radius 2 is 0.822 bits per heavy atom. The third-order valence-electron chi connectivity index (χ3n) is 7.54. The van der Waals surface area contributed by atoms with Crippen molar-refractivity contribution in [2.75, 3.05) is 9.80 Å². The summed E-state index contributed by atoms with van der Waals surface area (Å²) in [6.45, 7) is 1.88. The van der Waals surface area contributed by atoms with Crippen LogP contribution in [0.1, 0.15) is 17.9 Å². The van der Waals surface area contributed by atoms with Crippen LogP contribution in [-0.4, -0.2) is 0 Å². The second kappa shape index (κ2) is 12.8.